The van der Waals surface area contributed by atoms with Gasteiger partial charge in [0.15, 0.2) is 5.17 Å². The number of rotatable bonds is 3. The van der Waals surface area contributed by atoms with Crippen molar-refractivity contribution < 1.29 is 9.53 Å². The minimum atomic E-state index is -0.0309. The maximum atomic E-state index is 12.6. The second-order valence-corrected chi connectivity index (χ2v) is 8.46. The van der Waals surface area contributed by atoms with Gasteiger partial charge < -0.3 is 9.64 Å². The van der Waals surface area contributed by atoms with Crippen molar-refractivity contribution in [3.8, 4) is 0 Å². The second-order valence-electron chi connectivity index (χ2n) is 6.54. The van der Waals surface area contributed by atoms with Gasteiger partial charge in [-0.3, -0.25) is 9.69 Å². The summed E-state index contributed by atoms with van der Waals surface area (Å²) in [5.41, 5.74) is 3.00. The first-order valence-electron chi connectivity index (χ1n) is 9.05. The lowest BCUT2D eigenvalue weighted by Gasteiger charge is -2.28. The Morgan fingerprint density at radius 2 is 1.75 bits per heavy atom. The molecule has 0 spiro atoms. The van der Waals surface area contributed by atoms with Crippen molar-refractivity contribution in [2.75, 3.05) is 38.3 Å². The third kappa shape index (κ3) is 4.32. The molecule has 2 aromatic rings. The lowest BCUT2D eigenvalue weighted by molar-refractivity contribution is -0.121. The number of morpholine rings is 1. The van der Waals surface area contributed by atoms with Crippen LogP contribution >= 0.6 is 27.7 Å². The van der Waals surface area contributed by atoms with Crippen molar-refractivity contribution in [3.05, 3.63) is 63.5 Å². The zero-order chi connectivity index (χ0) is 19.5. The molecule has 2 saturated heterocycles. The van der Waals surface area contributed by atoms with Gasteiger partial charge in [0.2, 0.25) is 0 Å². The van der Waals surface area contributed by atoms with Crippen molar-refractivity contribution in [2.45, 2.75) is 0 Å². The van der Waals surface area contributed by atoms with Gasteiger partial charge in [-0.2, -0.15) is 0 Å². The molecule has 2 heterocycles. The number of thioether (sulfide) groups is 1. The van der Waals surface area contributed by atoms with E-state index in [0.717, 1.165) is 42.0 Å². The third-order valence-corrected chi connectivity index (χ3v) is 6.21. The maximum Gasteiger partial charge on any atom is 0.266 e. The number of hydrogen-bond donors (Lipinski definition) is 0. The van der Waals surface area contributed by atoms with Crippen molar-refractivity contribution in [1.82, 2.24) is 4.90 Å². The van der Waals surface area contributed by atoms with Gasteiger partial charge in [0.1, 0.15) is 0 Å². The molecular weight excluding hydrogens is 438 g/mol. The topological polar surface area (TPSA) is 45.1 Å². The highest BCUT2D eigenvalue weighted by atomic mass is 79.9. The van der Waals surface area contributed by atoms with Crippen LogP contribution in [-0.2, 0) is 9.53 Å². The van der Waals surface area contributed by atoms with E-state index in [1.54, 1.807) is 11.9 Å². The van der Waals surface area contributed by atoms with Gasteiger partial charge in [-0.15, -0.1) is 0 Å². The highest BCUT2D eigenvalue weighted by Gasteiger charge is 2.30. The lowest BCUT2D eigenvalue weighted by Crippen LogP contribution is -2.36. The van der Waals surface area contributed by atoms with Crippen LogP contribution in [0, 0.1) is 0 Å². The van der Waals surface area contributed by atoms with Gasteiger partial charge in [-0.05, 0) is 59.8 Å². The maximum absolute atomic E-state index is 12.6. The standard InChI is InChI=1S/C21H20BrN3O2S/c1-24-20(26)19(14-15-2-4-16(22)5-3-15)28-21(24)23-17-6-8-18(9-7-17)25-10-12-27-13-11-25/h2-9,14H,10-13H2,1H3/b19-14+,23-21?. The van der Waals surface area contributed by atoms with Crippen LogP contribution in [0.15, 0.2) is 62.9 Å². The van der Waals surface area contributed by atoms with Crippen molar-refractivity contribution in [1.29, 1.82) is 0 Å². The molecule has 0 atom stereocenters. The Morgan fingerprint density at radius 3 is 2.43 bits per heavy atom. The number of carbonyl (C=O) groups excluding carboxylic acids is 1. The summed E-state index contributed by atoms with van der Waals surface area (Å²) in [6, 6.07) is 16.0. The quantitative estimate of drug-likeness (QED) is 0.635. The molecule has 4 rings (SSSR count). The van der Waals surface area contributed by atoms with E-state index in [1.807, 2.05) is 42.5 Å². The minimum absolute atomic E-state index is 0.0309. The van der Waals surface area contributed by atoms with E-state index in [1.165, 1.54) is 17.4 Å². The molecule has 0 saturated carbocycles. The average Bonchev–Trinajstić information content (AvgIpc) is 2.99. The molecule has 1 amide bonds. The zero-order valence-electron chi connectivity index (χ0n) is 15.5. The highest BCUT2D eigenvalue weighted by Crippen LogP contribution is 2.33. The number of likely N-dealkylation sites (N-methyl/N-ethyl adjacent to an activating group) is 1. The van der Waals surface area contributed by atoms with E-state index in [0.29, 0.717) is 10.1 Å². The SMILES string of the molecule is CN1C(=O)/C(=C\c2ccc(Br)cc2)SC1=Nc1ccc(N2CCOCC2)cc1. The number of halogens is 1. The summed E-state index contributed by atoms with van der Waals surface area (Å²) in [6.45, 7) is 3.35. The smallest absolute Gasteiger partial charge is 0.266 e. The molecule has 7 heteroatoms. The Labute approximate surface area is 177 Å². The van der Waals surface area contributed by atoms with Crippen LogP contribution in [0.2, 0.25) is 0 Å². The van der Waals surface area contributed by atoms with Crippen molar-refractivity contribution in [3.63, 3.8) is 0 Å². The fourth-order valence-corrected chi connectivity index (χ4v) is 4.28. The molecule has 144 valence electrons. The van der Waals surface area contributed by atoms with E-state index in [-0.39, 0.29) is 5.91 Å². The number of hydrogen-bond acceptors (Lipinski definition) is 5. The number of benzene rings is 2. The summed E-state index contributed by atoms with van der Waals surface area (Å²) in [5.74, 6) is -0.0309. The predicted octanol–water partition coefficient (Wildman–Crippen LogP) is 4.52. The van der Waals surface area contributed by atoms with E-state index in [9.17, 15) is 4.79 Å². The Morgan fingerprint density at radius 1 is 1.07 bits per heavy atom. The first-order chi connectivity index (χ1) is 13.6. The Balaban J connectivity index is 1.51. The number of amides is 1. The molecule has 0 aliphatic carbocycles. The van der Waals surface area contributed by atoms with Gasteiger partial charge in [-0.25, -0.2) is 4.99 Å². The molecule has 5 nitrogen and oxygen atoms in total. The molecule has 0 N–H and O–H groups in total. The van der Waals surface area contributed by atoms with Crippen LogP contribution in [0.4, 0.5) is 11.4 Å². The Hall–Kier alpha value is -2.09. The van der Waals surface area contributed by atoms with Gasteiger partial charge in [0, 0.05) is 30.3 Å². The first-order valence-corrected chi connectivity index (χ1v) is 10.7. The molecule has 2 fully saturated rings. The fraction of sp³-hybridized carbons (Fsp3) is 0.238. The number of nitrogens with zero attached hydrogens (tertiary/aromatic N) is 3. The number of ether oxygens (including phenoxy) is 1. The molecule has 0 radical (unpaired) electrons. The van der Waals surface area contributed by atoms with Gasteiger partial charge in [0.05, 0.1) is 23.8 Å². The summed E-state index contributed by atoms with van der Waals surface area (Å²) >= 11 is 4.83. The summed E-state index contributed by atoms with van der Waals surface area (Å²) < 4.78 is 6.42. The van der Waals surface area contributed by atoms with Crippen LogP contribution in [0.25, 0.3) is 6.08 Å². The van der Waals surface area contributed by atoms with Crippen molar-refractivity contribution >= 4 is 56.2 Å². The number of carbonyl (C=O) groups is 1. The van der Waals surface area contributed by atoms with Crippen LogP contribution in [0.5, 0.6) is 0 Å². The van der Waals surface area contributed by atoms with Gasteiger partial charge >= 0.3 is 0 Å². The first kappa shape index (κ1) is 19.2. The highest BCUT2D eigenvalue weighted by molar-refractivity contribution is 9.10. The van der Waals surface area contributed by atoms with Gasteiger partial charge in [0.25, 0.3) is 5.91 Å². The largest absolute Gasteiger partial charge is 0.378 e. The van der Waals surface area contributed by atoms with Crippen LogP contribution < -0.4 is 4.90 Å². The Bertz CT molecular complexity index is 920. The van der Waals surface area contributed by atoms with E-state index < -0.39 is 0 Å². The summed E-state index contributed by atoms with van der Waals surface area (Å²) in [5, 5.41) is 0.687. The summed E-state index contributed by atoms with van der Waals surface area (Å²) in [4.78, 5) is 21.8. The molecule has 2 aromatic carbocycles. The molecule has 2 aliphatic rings. The zero-order valence-corrected chi connectivity index (χ0v) is 17.9. The molecule has 2 aliphatic heterocycles. The average molecular weight is 458 g/mol. The summed E-state index contributed by atoms with van der Waals surface area (Å²) in [7, 11) is 1.76. The van der Waals surface area contributed by atoms with Gasteiger partial charge in [-0.1, -0.05) is 28.1 Å². The molecule has 0 aromatic heterocycles. The molecular formula is C21H20BrN3O2S. The molecule has 28 heavy (non-hydrogen) atoms. The van der Waals surface area contributed by atoms with Crippen LogP contribution in [0.1, 0.15) is 5.56 Å². The normalized spacial score (nSPS) is 20.4. The number of anilines is 1. The van der Waals surface area contributed by atoms with E-state index in [2.05, 4.69) is 38.0 Å². The third-order valence-electron chi connectivity index (χ3n) is 4.62. The second kappa shape index (κ2) is 8.51. The minimum Gasteiger partial charge on any atom is -0.378 e. The van der Waals surface area contributed by atoms with Crippen LogP contribution in [0.3, 0.4) is 0 Å². The fourth-order valence-electron chi connectivity index (χ4n) is 3.03. The Kier molecular flexibility index (Phi) is 5.85. The lowest BCUT2D eigenvalue weighted by atomic mass is 10.2. The van der Waals surface area contributed by atoms with Crippen molar-refractivity contribution in [2.24, 2.45) is 4.99 Å². The van der Waals surface area contributed by atoms with E-state index >= 15 is 0 Å². The van der Waals surface area contributed by atoms with E-state index in [4.69, 9.17) is 4.74 Å². The monoisotopic (exact) mass is 457 g/mol. The summed E-state index contributed by atoms with van der Waals surface area (Å²) in [6.07, 6.45) is 1.90. The predicted molar refractivity (Wildman–Crippen MR) is 119 cm³/mol. The van der Waals surface area contributed by atoms with Crippen LogP contribution in [-0.4, -0.2) is 49.3 Å². The number of aliphatic imine (C=N–C) groups is 1. The number of amidine groups is 1. The molecule has 0 bridgehead atoms. The molecule has 0 unspecified atom stereocenters.